The summed E-state index contributed by atoms with van der Waals surface area (Å²) in [4.78, 5) is 25.3. The van der Waals surface area contributed by atoms with Gasteiger partial charge in [-0.25, -0.2) is 4.63 Å². The van der Waals surface area contributed by atoms with Crippen molar-refractivity contribution in [3.63, 3.8) is 0 Å². The summed E-state index contributed by atoms with van der Waals surface area (Å²) in [5.41, 5.74) is 0.575. The lowest BCUT2D eigenvalue weighted by atomic mass is 10.2. The highest BCUT2D eigenvalue weighted by Gasteiger charge is 2.17. The molecule has 2 rings (SSSR count). The molecule has 1 aliphatic heterocycles. The van der Waals surface area contributed by atoms with Crippen molar-refractivity contribution in [2.45, 2.75) is 39.0 Å². The van der Waals surface area contributed by atoms with E-state index in [0.717, 1.165) is 25.8 Å². The summed E-state index contributed by atoms with van der Waals surface area (Å²) in [6.07, 6.45) is 3.97. The predicted octanol–water partition coefficient (Wildman–Crippen LogP) is 0.666. The summed E-state index contributed by atoms with van der Waals surface area (Å²) in [7, 11) is 0. The fourth-order valence-corrected chi connectivity index (χ4v) is 2.29. The van der Waals surface area contributed by atoms with E-state index in [1.807, 2.05) is 0 Å². The lowest BCUT2D eigenvalue weighted by molar-refractivity contribution is -0.131. The molecule has 0 atom stereocenters. The highest BCUT2D eigenvalue weighted by molar-refractivity contribution is 5.79. The third-order valence-corrected chi connectivity index (χ3v) is 3.55. The standard InChI is InChI=1S/C14H22N4O4/c1-11-14(17-22-16-11)21-10-7-15-12(19)6-9-18-8-4-2-3-5-13(18)20/h2-10H2,1H3,(H,15,19). The summed E-state index contributed by atoms with van der Waals surface area (Å²) in [6, 6.07) is 0. The minimum absolute atomic E-state index is 0.0874. The van der Waals surface area contributed by atoms with Gasteiger partial charge in [0.1, 0.15) is 12.3 Å². The van der Waals surface area contributed by atoms with Crippen LogP contribution in [-0.2, 0) is 9.59 Å². The Labute approximate surface area is 129 Å². The van der Waals surface area contributed by atoms with Crippen molar-refractivity contribution < 1.29 is 19.0 Å². The third kappa shape index (κ3) is 5.01. The van der Waals surface area contributed by atoms with Crippen molar-refractivity contribution in [3.8, 4) is 5.88 Å². The lowest BCUT2D eigenvalue weighted by Crippen LogP contribution is -2.35. The minimum Gasteiger partial charge on any atom is -0.472 e. The van der Waals surface area contributed by atoms with Gasteiger partial charge in [0.05, 0.1) is 6.54 Å². The van der Waals surface area contributed by atoms with Gasteiger partial charge in [-0.05, 0) is 24.9 Å². The maximum Gasteiger partial charge on any atom is 0.278 e. The van der Waals surface area contributed by atoms with E-state index in [-0.39, 0.29) is 11.8 Å². The molecular weight excluding hydrogens is 288 g/mol. The number of rotatable bonds is 7. The number of carbonyl (C=O) groups is 2. The van der Waals surface area contributed by atoms with E-state index in [2.05, 4.69) is 20.3 Å². The Kier molecular flexibility index (Phi) is 6.17. The summed E-state index contributed by atoms with van der Waals surface area (Å²) in [6.45, 7) is 3.64. The first-order chi connectivity index (χ1) is 10.7. The molecule has 1 aromatic heterocycles. The molecule has 0 saturated carbocycles. The molecule has 2 amide bonds. The van der Waals surface area contributed by atoms with E-state index < -0.39 is 0 Å². The highest BCUT2D eigenvalue weighted by Crippen LogP contribution is 2.11. The first-order valence-electron chi connectivity index (χ1n) is 7.63. The van der Waals surface area contributed by atoms with Crippen LogP contribution >= 0.6 is 0 Å². The molecule has 1 fully saturated rings. The molecule has 122 valence electrons. The summed E-state index contributed by atoms with van der Waals surface area (Å²) >= 11 is 0. The molecule has 8 heteroatoms. The third-order valence-electron chi connectivity index (χ3n) is 3.55. The number of hydrogen-bond donors (Lipinski definition) is 1. The lowest BCUT2D eigenvalue weighted by Gasteiger charge is -2.20. The van der Waals surface area contributed by atoms with E-state index in [0.29, 0.717) is 44.1 Å². The van der Waals surface area contributed by atoms with Gasteiger partial charge < -0.3 is 15.0 Å². The van der Waals surface area contributed by atoms with E-state index in [9.17, 15) is 9.59 Å². The first kappa shape index (κ1) is 16.3. The van der Waals surface area contributed by atoms with Crippen molar-refractivity contribution in [2.24, 2.45) is 0 Å². The number of aryl methyl sites for hydroxylation is 1. The maximum absolute atomic E-state index is 11.8. The van der Waals surface area contributed by atoms with Crippen LogP contribution in [-0.4, -0.2) is 53.3 Å². The summed E-state index contributed by atoms with van der Waals surface area (Å²) < 4.78 is 9.81. The van der Waals surface area contributed by atoms with Gasteiger partial charge >= 0.3 is 0 Å². The molecule has 2 heterocycles. The molecule has 0 unspecified atom stereocenters. The monoisotopic (exact) mass is 310 g/mol. The van der Waals surface area contributed by atoms with Gasteiger partial charge in [0.15, 0.2) is 0 Å². The number of likely N-dealkylation sites (tertiary alicyclic amines) is 1. The maximum atomic E-state index is 11.8. The van der Waals surface area contributed by atoms with E-state index >= 15 is 0 Å². The Hall–Kier alpha value is -2.12. The quantitative estimate of drug-likeness (QED) is 0.743. The Morgan fingerprint density at radius 3 is 3.00 bits per heavy atom. The van der Waals surface area contributed by atoms with Gasteiger partial charge in [-0.15, -0.1) is 0 Å². The van der Waals surface area contributed by atoms with Crippen molar-refractivity contribution in [1.29, 1.82) is 0 Å². The van der Waals surface area contributed by atoms with Gasteiger partial charge in [0, 0.05) is 25.9 Å². The Balaban J connectivity index is 1.59. The average Bonchev–Trinajstić information content (AvgIpc) is 2.79. The number of aromatic nitrogens is 2. The number of nitrogens with zero attached hydrogens (tertiary/aromatic N) is 3. The second-order valence-electron chi connectivity index (χ2n) is 5.29. The van der Waals surface area contributed by atoms with Crippen LogP contribution in [0.5, 0.6) is 5.88 Å². The molecule has 0 spiro atoms. The molecule has 22 heavy (non-hydrogen) atoms. The highest BCUT2D eigenvalue weighted by atomic mass is 16.6. The predicted molar refractivity (Wildman–Crippen MR) is 77.2 cm³/mol. The van der Waals surface area contributed by atoms with Crippen molar-refractivity contribution in [3.05, 3.63) is 5.69 Å². The van der Waals surface area contributed by atoms with E-state index in [1.165, 1.54) is 0 Å². The number of hydrogen-bond acceptors (Lipinski definition) is 6. The van der Waals surface area contributed by atoms with Crippen molar-refractivity contribution >= 4 is 11.8 Å². The topological polar surface area (TPSA) is 97.6 Å². The first-order valence-corrected chi connectivity index (χ1v) is 7.63. The second kappa shape index (κ2) is 8.35. The van der Waals surface area contributed by atoms with Crippen LogP contribution in [0, 0.1) is 6.92 Å². The fourth-order valence-electron chi connectivity index (χ4n) is 2.29. The fraction of sp³-hybridized carbons (Fsp3) is 0.714. The van der Waals surface area contributed by atoms with Crippen LogP contribution in [0.4, 0.5) is 0 Å². The average molecular weight is 310 g/mol. The number of carbonyl (C=O) groups excluding carboxylic acids is 2. The van der Waals surface area contributed by atoms with E-state index in [1.54, 1.807) is 11.8 Å². The molecule has 1 aliphatic rings. The normalized spacial score (nSPS) is 15.5. The van der Waals surface area contributed by atoms with Gasteiger partial charge in [-0.3, -0.25) is 9.59 Å². The molecule has 0 aromatic carbocycles. The molecular formula is C14H22N4O4. The molecule has 1 saturated heterocycles. The second-order valence-corrected chi connectivity index (χ2v) is 5.29. The van der Waals surface area contributed by atoms with Gasteiger partial charge in [0.25, 0.3) is 5.88 Å². The van der Waals surface area contributed by atoms with Gasteiger partial charge in [-0.2, -0.15) is 0 Å². The van der Waals surface area contributed by atoms with Crippen molar-refractivity contribution in [1.82, 2.24) is 20.5 Å². The van der Waals surface area contributed by atoms with Crippen LogP contribution in [0.15, 0.2) is 4.63 Å². The van der Waals surface area contributed by atoms with Gasteiger partial charge in [-0.1, -0.05) is 11.6 Å². The van der Waals surface area contributed by atoms with Crippen LogP contribution in [0.2, 0.25) is 0 Å². The molecule has 0 bridgehead atoms. The summed E-state index contributed by atoms with van der Waals surface area (Å²) in [5, 5.41) is 9.93. The van der Waals surface area contributed by atoms with Crippen LogP contribution < -0.4 is 10.1 Å². The zero-order chi connectivity index (χ0) is 15.8. The van der Waals surface area contributed by atoms with Crippen LogP contribution in [0.25, 0.3) is 0 Å². The largest absolute Gasteiger partial charge is 0.472 e. The SMILES string of the molecule is Cc1nonc1OCCNC(=O)CCN1CCCCCC1=O. The molecule has 8 nitrogen and oxygen atoms in total. The van der Waals surface area contributed by atoms with Crippen LogP contribution in [0.1, 0.15) is 37.8 Å². The minimum atomic E-state index is -0.0874. The number of nitrogens with one attached hydrogen (secondary N) is 1. The van der Waals surface area contributed by atoms with Gasteiger partial charge in [0.2, 0.25) is 11.8 Å². The Morgan fingerprint density at radius 1 is 1.36 bits per heavy atom. The Bertz CT molecular complexity index is 503. The summed E-state index contributed by atoms with van der Waals surface area (Å²) in [5.74, 6) is 0.405. The zero-order valence-corrected chi connectivity index (χ0v) is 12.8. The Morgan fingerprint density at radius 2 is 2.23 bits per heavy atom. The number of amides is 2. The molecule has 0 aliphatic carbocycles. The molecule has 1 N–H and O–H groups in total. The van der Waals surface area contributed by atoms with Crippen molar-refractivity contribution in [2.75, 3.05) is 26.2 Å². The smallest absolute Gasteiger partial charge is 0.278 e. The number of ether oxygens (including phenoxy) is 1. The van der Waals surface area contributed by atoms with E-state index in [4.69, 9.17) is 4.74 Å². The molecule has 1 aromatic rings. The molecule has 0 radical (unpaired) electrons. The van der Waals surface area contributed by atoms with Crippen LogP contribution in [0.3, 0.4) is 0 Å². The zero-order valence-electron chi connectivity index (χ0n) is 12.8.